The van der Waals surface area contributed by atoms with Crippen molar-refractivity contribution in [1.29, 1.82) is 0 Å². The number of phenols is 1. The van der Waals surface area contributed by atoms with Gasteiger partial charge in [-0.2, -0.15) is 0 Å². The Labute approximate surface area is 86.8 Å². The lowest BCUT2D eigenvalue weighted by atomic mass is 10.2. The molecule has 2 aromatic rings. The first kappa shape index (κ1) is 9.73. The summed E-state index contributed by atoms with van der Waals surface area (Å²) in [4.78, 5) is 4.09. The summed E-state index contributed by atoms with van der Waals surface area (Å²) in [5, 5.41) is 18.5. The third kappa shape index (κ3) is 1.99. The molecule has 78 valence electrons. The lowest BCUT2D eigenvalue weighted by Crippen LogP contribution is -1.90. The predicted molar refractivity (Wildman–Crippen MR) is 54.2 cm³/mol. The molecule has 1 aromatic carbocycles. The SMILES string of the molecule is CC(O)c1coc(-c2cccc(O)c2)n1. The zero-order chi connectivity index (χ0) is 10.8. The van der Waals surface area contributed by atoms with Crippen LogP contribution in [0, 0.1) is 0 Å². The monoisotopic (exact) mass is 205 g/mol. The van der Waals surface area contributed by atoms with Crippen LogP contribution in [-0.2, 0) is 0 Å². The van der Waals surface area contributed by atoms with Gasteiger partial charge < -0.3 is 14.6 Å². The van der Waals surface area contributed by atoms with Crippen molar-refractivity contribution in [2.75, 3.05) is 0 Å². The van der Waals surface area contributed by atoms with E-state index in [9.17, 15) is 10.2 Å². The molecular weight excluding hydrogens is 194 g/mol. The lowest BCUT2D eigenvalue weighted by molar-refractivity contribution is 0.194. The van der Waals surface area contributed by atoms with E-state index < -0.39 is 6.10 Å². The maximum Gasteiger partial charge on any atom is 0.226 e. The van der Waals surface area contributed by atoms with Crippen LogP contribution in [-0.4, -0.2) is 15.2 Å². The maximum absolute atomic E-state index is 9.27. The largest absolute Gasteiger partial charge is 0.508 e. The summed E-state index contributed by atoms with van der Waals surface area (Å²) >= 11 is 0. The molecule has 2 N–H and O–H groups in total. The molecule has 4 nitrogen and oxygen atoms in total. The summed E-state index contributed by atoms with van der Waals surface area (Å²) in [7, 11) is 0. The van der Waals surface area contributed by atoms with Crippen LogP contribution in [0.2, 0.25) is 0 Å². The zero-order valence-corrected chi connectivity index (χ0v) is 8.21. The number of nitrogens with zero attached hydrogens (tertiary/aromatic N) is 1. The molecule has 15 heavy (non-hydrogen) atoms. The van der Waals surface area contributed by atoms with Gasteiger partial charge in [-0.25, -0.2) is 4.98 Å². The van der Waals surface area contributed by atoms with Crippen molar-refractivity contribution in [1.82, 2.24) is 4.98 Å². The molecule has 0 aliphatic carbocycles. The summed E-state index contributed by atoms with van der Waals surface area (Å²) < 4.78 is 5.18. The van der Waals surface area contributed by atoms with Crippen molar-refractivity contribution in [2.45, 2.75) is 13.0 Å². The first-order chi connectivity index (χ1) is 7.16. The van der Waals surface area contributed by atoms with Gasteiger partial charge in [0.25, 0.3) is 0 Å². The van der Waals surface area contributed by atoms with E-state index in [-0.39, 0.29) is 5.75 Å². The molecule has 0 saturated heterocycles. The van der Waals surface area contributed by atoms with Crippen LogP contribution in [0.3, 0.4) is 0 Å². The second-order valence-electron chi connectivity index (χ2n) is 3.30. The van der Waals surface area contributed by atoms with E-state index in [4.69, 9.17) is 4.42 Å². The van der Waals surface area contributed by atoms with Gasteiger partial charge in [0.1, 0.15) is 17.7 Å². The molecule has 0 amide bonds. The highest BCUT2D eigenvalue weighted by Crippen LogP contribution is 2.23. The summed E-state index contributed by atoms with van der Waals surface area (Å²) in [6, 6.07) is 6.61. The highest BCUT2D eigenvalue weighted by atomic mass is 16.3. The normalized spacial score (nSPS) is 12.7. The van der Waals surface area contributed by atoms with Gasteiger partial charge in [-0.05, 0) is 25.1 Å². The summed E-state index contributed by atoms with van der Waals surface area (Å²) in [6.45, 7) is 1.62. The van der Waals surface area contributed by atoms with Gasteiger partial charge in [0.15, 0.2) is 0 Å². The minimum Gasteiger partial charge on any atom is -0.508 e. The molecule has 0 bridgehead atoms. The van der Waals surface area contributed by atoms with E-state index in [1.807, 2.05) is 0 Å². The van der Waals surface area contributed by atoms with Gasteiger partial charge in [-0.15, -0.1) is 0 Å². The number of oxazole rings is 1. The van der Waals surface area contributed by atoms with Crippen LogP contribution in [0.5, 0.6) is 5.75 Å². The van der Waals surface area contributed by atoms with Gasteiger partial charge in [0.2, 0.25) is 5.89 Å². The Kier molecular flexibility index (Phi) is 2.43. The highest BCUT2D eigenvalue weighted by molar-refractivity contribution is 5.55. The lowest BCUT2D eigenvalue weighted by Gasteiger charge is -1.96. The zero-order valence-electron chi connectivity index (χ0n) is 8.21. The summed E-state index contributed by atoms with van der Waals surface area (Å²) in [5.74, 6) is 0.547. The predicted octanol–water partition coefficient (Wildman–Crippen LogP) is 2.10. The van der Waals surface area contributed by atoms with Gasteiger partial charge in [0.05, 0.1) is 6.10 Å². The Morgan fingerprint density at radius 2 is 2.20 bits per heavy atom. The number of aromatic hydroxyl groups is 1. The van der Waals surface area contributed by atoms with Crippen LogP contribution in [0.1, 0.15) is 18.7 Å². The molecule has 2 rings (SSSR count). The van der Waals surface area contributed by atoms with Crippen molar-refractivity contribution in [3.05, 3.63) is 36.2 Å². The van der Waals surface area contributed by atoms with Crippen LogP contribution in [0.15, 0.2) is 34.9 Å². The Morgan fingerprint density at radius 3 is 2.80 bits per heavy atom. The number of aliphatic hydroxyl groups excluding tert-OH is 1. The Hall–Kier alpha value is -1.81. The smallest absolute Gasteiger partial charge is 0.226 e. The van der Waals surface area contributed by atoms with Gasteiger partial charge >= 0.3 is 0 Å². The first-order valence-corrected chi connectivity index (χ1v) is 4.59. The van der Waals surface area contributed by atoms with Crippen LogP contribution in [0.25, 0.3) is 11.5 Å². The van der Waals surface area contributed by atoms with E-state index in [1.54, 1.807) is 31.2 Å². The van der Waals surface area contributed by atoms with E-state index in [0.717, 1.165) is 0 Å². The number of benzene rings is 1. The minimum atomic E-state index is -0.653. The molecule has 1 atom stereocenters. The molecule has 1 unspecified atom stereocenters. The van der Waals surface area contributed by atoms with Crippen molar-refractivity contribution in [2.24, 2.45) is 0 Å². The Bertz CT molecular complexity index is 462. The fourth-order valence-corrected chi connectivity index (χ4v) is 1.25. The van der Waals surface area contributed by atoms with E-state index in [1.165, 1.54) is 6.26 Å². The Morgan fingerprint density at radius 1 is 1.40 bits per heavy atom. The molecular formula is C11H11NO3. The number of aromatic nitrogens is 1. The first-order valence-electron chi connectivity index (χ1n) is 4.59. The highest BCUT2D eigenvalue weighted by Gasteiger charge is 2.10. The summed E-state index contributed by atoms with van der Waals surface area (Å²) in [5.41, 5.74) is 1.16. The topological polar surface area (TPSA) is 66.5 Å². The third-order valence-electron chi connectivity index (χ3n) is 2.04. The molecule has 0 fully saturated rings. The van der Waals surface area contributed by atoms with Crippen molar-refractivity contribution >= 4 is 0 Å². The van der Waals surface area contributed by atoms with Crippen LogP contribution >= 0.6 is 0 Å². The number of hydrogen-bond donors (Lipinski definition) is 2. The number of aliphatic hydroxyl groups is 1. The molecule has 0 saturated carbocycles. The minimum absolute atomic E-state index is 0.157. The molecule has 0 radical (unpaired) electrons. The standard InChI is InChI=1S/C11H11NO3/c1-7(13)10-6-15-11(12-10)8-3-2-4-9(14)5-8/h2-7,13-14H,1H3. The van der Waals surface area contributed by atoms with E-state index in [0.29, 0.717) is 17.1 Å². The molecule has 0 aliphatic rings. The molecule has 1 aromatic heterocycles. The van der Waals surface area contributed by atoms with Crippen molar-refractivity contribution < 1.29 is 14.6 Å². The molecule has 0 aliphatic heterocycles. The molecule has 4 heteroatoms. The van der Waals surface area contributed by atoms with Crippen LogP contribution in [0.4, 0.5) is 0 Å². The Balaban J connectivity index is 2.37. The second kappa shape index (κ2) is 3.74. The van der Waals surface area contributed by atoms with Gasteiger partial charge in [-0.1, -0.05) is 6.07 Å². The van der Waals surface area contributed by atoms with Gasteiger partial charge in [-0.3, -0.25) is 0 Å². The maximum atomic E-state index is 9.27. The molecule has 1 heterocycles. The van der Waals surface area contributed by atoms with Crippen molar-refractivity contribution in [3.8, 4) is 17.2 Å². The average Bonchev–Trinajstić information content (AvgIpc) is 2.66. The fraction of sp³-hybridized carbons (Fsp3) is 0.182. The average molecular weight is 205 g/mol. The number of phenolic OH excluding ortho intramolecular Hbond substituents is 1. The molecule has 0 spiro atoms. The fourth-order valence-electron chi connectivity index (χ4n) is 1.25. The van der Waals surface area contributed by atoms with Gasteiger partial charge in [0, 0.05) is 5.56 Å². The number of hydrogen-bond acceptors (Lipinski definition) is 4. The summed E-state index contributed by atoms with van der Waals surface area (Å²) in [6.07, 6.45) is 0.754. The third-order valence-corrected chi connectivity index (χ3v) is 2.04. The van der Waals surface area contributed by atoms with Crippen LogP contribution < -0.4 is 0 Å². The van der Waals surface area contributed by atoms with E-state index in [2.05, 4.69) is 4.98 Å². The quantitative estimate of drug-likeness (QED) is 0.787. The van der Waals surface area contributed by atoms with Crippen molar-refractivity contribution in [3.63, 3.8) is 0 Å². The number of rotatable bonds is 2. The second-order valence-corrected chi connectivity index (χ2v) is 3.30. The van der Waals surface area contributed by atoms with E-state index >= 15 is 0 Å².